The summed E-state index contributed by atoms with van der Waals surface area (Å²) < 4.78 is 16.9. The molecule has 0 aliphatic carbocycles. The average molecular weight is 934 g/mol. The molecule has 0 aliphatic heterocycles. The third-order valence-electron chi connectivity index (χ3n) is 14.4. The van der Waals surface area contributed by atoms with Gasteiger partial charge in [0.1, 0.15) is 13.2 Å². The fourth-order valence-corrected chi connectivity index (χ4v) is 9.11. The molecule has 0 bridgehead atoms. The van der Waals surface area contributed by atoms with E-state index in [1.165, 1.54) is 212 Å². The van der Waals surface area contributed by atoms with Crippen LogP contribution in [0.15, 0.2) is 0 Å². The number of esters is 3. The third kappa shape index (κ3) is 50.3. The third-order valence-corrected chi connectivity index (χ3v) is 14.4. The molecule has 0 aromatic carbocycles. The molecule has 0 spiro atoms. The van der Waals surface area contributed by atoms with Crippen molar-refractivity contribution in [3.8, 4) is 0 Å². The minimum Gasteiger partial charge on any atom is -0.462 e. The van der Waals surface area contributed by atoms with Gasteiger partial charge in [0.2, 0.25) is 0 Å². The van der Waals surface area contributed by atoms with Crippen molar-refractivity contribution in [1.82, 2.24) is 0 Å². The molecular formula is C60H116O6. The van der Waals surface area contributed by atoms with Crippen LogP contribution in [0.1, 0.15) is 330 Å². The van der Waals surface area contributed by atoms with Gasteiger partial charge in [-0.15, -0.1) is 0 Å². The van der Waals surface area contributed by atoms with Gasteiger partial charge in [0, 0.05) is 19.3 Å². The standard InChI is InChI=1S/C60H116O6/c1-7-55(5)47-41-35-29-23-19-15-12-13-17-21-25-32-38-44-50-59(62)65-53-57(66-60(63)51-45-39-33-27-26-30-36-42-48-56(6)8-2)52-64-58(61)49-43-37-31-24-20-16-11-9-10-14-18-22-28-34-40-46-54(3)4/h54-57H,7-53H2,1-6H3/t55?,56?,57-/m0/s1. The van der Waals surface area contributed by atoms with E-state index < -0.39 is 6.10 Å². The van der Waals surface area contributed by atoms with Crippen molar-refractivity contribution in [2.45, 2.75) is 337 Å². The molecule has 0 aromatic heterocycles. The van der Waals surface area contributed by atoms with Gasteiger partial charge in [0.05, 0.1) is 0 Å². The topological polar surface area (TPSA) is 78.9 Å². The van der Waals surface area contributed by atoms with Crippen molar-refractivity contribution in [2.75, 3.05) is 13.2 Å². The van der Waals surface area contributed by atoms with E-state index >= 15 is 0 Å². The first-order valence-electron chi connectivity index (χ1n) is 29.7. The molecule has 3 atom stereocenters. The molecule has 0 saturated carbocycles. The fraction of sp³-hybridized carbons (Fsp3) is 0.950. The van der Waals surface area contributed by atoms with E-state index in [1.807, 2.05) is 0 Å². The zero-order valence-electron chi connectivity index (χ0n) is 45.5. The summed E-state index contributed by atoms with van der Waals surface area (Å²) in [4.78, 5) is 38.2. The second-order valence-corrected chi connectivity index (χ2v) is 21.6. The zero-order chi connectivity index (χ0) is 48.4. The van der Waals surface area contributed by atoms with E-state index in [9.17, 15) is 14.4 Å². The van der Waals surface area contributed by atoms with E-state index in [0.717, 1.165) is 75.5 Å². The lowest BCUT2D eigenvalue weighted by Gasteiger charge is -2.18. The summed E-state index contributed by atoms with van der Waals surface area (Å²) in [6, 6.07) is 0. The Bertz CT molecular complexity index is 1030. The van der Waals surface area contributed by atoms with Crippen LogP contribution in [0.4, 0.5) is 0 Å². The van der Waals surface area contributed by atoms with Gasteiger partial charge in [-0.1, -0.05) is 292 Å². The minimum absolute atomic E-state index is 0.0638. The summed E-state index contributed by atoms with van der Waals surface area (Å²) in [7, 11) is 0. The molecule has 0 aliphatic rings. The van der Waals surface area contributed by atoms with Gasteiger partial charge >= 0.3 is 17.9 Å². The summed E-state index contributed by atoms with van der Waals surface area (Å²) in [5.41, 5.74) is 0. The summed E-state index contributed by atoms with van der Waals surface area (Å²) in [5.74, 6) is 1.75. The van der Waals surface area contributed by atoms with Gasteiger partial charge in [0.15, 0.2) is 6.10 Å². The maximum atomic E-state index is 12.8. The number of carbonyl (C=O) groups is 3. The number of hydrogen-bond acceptors (Lipinski definition) is 6. The first-order valence-corrected chi connectivity index (χ1v) is 29.7. The van der Waals surface area contributed by atoms with E-state index in [-0.39, 0.29) is 31.1 Å². The first kappa shape index (κ1) is 64.4. The minimum atomic E-state index is -0.764. The molecule has 6 heteroatoms. The van der Waals surface area contributed by atoms with Gasteiger partial charge in [-0.3, -0.25) is 14.4 Å². The van der Waals surface area contributed by atoms with Crippen LogP contribution >= 0.6 is 0 Å². The van der Waals surface area contributed by atoms with Crippen LogP contribution in [-0.4, -0.2) is 37.2 Å². The van der Waals surface area contributed by atoms with E-state index in [2.05, 4.69) is 41.5 Å². The van der Waals surface area contributed by atoms with E-state index in [4.69, 9.17) is 14.2 Å². The summed E-state index contributed by atoms with van der Waals surface area (Å²) in [5, 5.41) is 0. The monoisotopic (exact) mass is 933 g/mol. The number of ether oxygens (including phenoxy) is 3. The molecule has 0 amide bonds. The zero-order valence-corrected chi connectivity index (χ0v) is 45.5. The molecule has 0 rings (SSSR count). The largest absolute Gasteiger partial charge is 0.462 e. The number of unbranched alkanes of at least 4 members (excludes halogenated alkanes) is 34. The van der Waals surface area contributed by atoms with E-state index in [1.54, 1.807) is 0 Å². The lowest BCUT2D eigenvalue weighted by atomic mass is 9.99. The van der Waals surface area contributed by atoms with Crippen molar-refractivity contribution in [3.63, 3.8) is 0 Å². The smallest absolute Gasteiger partial charge is 0.306 e. The Hall–Kier alpha value is -1.59. The summed E-state index contributed by atoms with van der Waals surface area (Å²) in [6.45, 7) is 13.8. The van der Waals surface area contributed by atoms with Crippen molar-refractivity contribution in [3.05, 3.63) is 0 Å². The maximum absolute atomic E-state index is 12.8. The molecule has 392 valence electrons. The molecule has 0 heterocycles. The van der Waals surface area contributed by atoms with Gasteiger partial charge in [-0.05, 0) is 37.0 Å². The van der Waals surface area contributed by atoms with Crippen molar-refractivity contribution in [1.29, 1.82) is 0 Å². The lowest BCUT2D eigenvalue weighted by molar-refractivity contribution is -0.167. The molecule has 66 heavy (non-hydrogen) atoms. The normalized spacial score (nSPS) is 13.0. The Kier molecular flexibility index (Phi) is 50.0. The number of carbonyl (C=O) groups excluding carboxylic acids is 3. The number of hydrogen-bond donors (Lipinski definition) is 0. The highest BCUT2D eigenvalue weighted by molar-refractivity contribution is 5.71. The first-order chi connectivity index (χ1) is 32.2. The molecule has 0 fully saturated rings. The Morgan fingerprint density at radius 3 is 0.788 bits per heavy atom. The van der Waals surface area contributed by atoms with E-state index in [0.29, 0.717) is 19.3 Å². The lowest BCUT2D eigenvalue weighted by Crippen LogP contribution is -2.30. The fourth-order valence-electron chi connectivity index (χ4n) is 9.11. The van der Waals surface area contributed by atoms with Crippen LogP contribution in [0.2, 0.25) is 0 Å². The molecule has 2 unspecified atom stereocenters. The molecule has 0 radical (unpaired) electrons. The van der Waals surface area contributed by atoms with Crippen LogP contribution in [-0.2, 0) is 28.6 Å². The average Bonchev–Trinajstić information content (AvgIpc) is 3.30. The molecule has 0 N–H and O–H groups in total. The molecule has 0 aromatic rings. The molecule has 0 saturated heterocycles. The highest BCUT2D eigenvalue weighted by Crippen LogP contribution is 2.19. The Balaban J connectivity index is 4.27. The van der Waals surface area contributed by atoms with Gasteiger partial charge < -0.3 is 14.2 Å². The van der Waals surface area contributed by atoms with Gasteiger partial charge in [-0.25, -0.2) is 0 Å². The van der Waals surface area contributed by atoms with Crippen LogP contribution < -0.4 is 0 Å². The second kappa shape index (κ2) is 51.3. The highest BCUT2D eigenvalue weighted by atomic mass is 16.6. The number of rotatable bonds is 53. The highest BCUT2D eigenvalue weighted by Gasteiger charge is 2.19. The Morgan fingerprint density at radius 2 is 0.530 bits per heavy atom. The molecular weight excluding hydrogens is 817 g/mol. The predicted molar refractivity (Wildman–Crippen MR) is 284 cm³/mol. The van der Waals surface area contributed by atoms with Crippen LogP contribution in [0.25, 0.3) is 0 Å². The van der Waals surface area contributed by atoms with Crippen molar-refractivity contribution < 1.29 is 28.6 Å². The maximum Gasteiger partial charge on any atom is 0.306 e. The van der Waals surface area contributed by atoms with Crippen LogP contribution in [0, 0.1) is 17.8 Å². The van der Waals surface area contributed by atoms with Gasteiger partial charge in [0.25, 0.3) is 0 Å². The molecule has 6 nitrogen and oxygen atoms in total. The second-order valence-electron chi connectivity index (χ2n) is 21.6. The summed E-state index contributed by atoms with van der Waals surface area (Å²) >= 11 is 0. The quantitative estimate of drug-likeness (QED) is 0.0343. The van der Waals surface area contributed by atoms with Crippen LogP contribution in [0.3, 0.4) is 0 Å². The Labute approximate surface area is 412 Å². The summed E-state index contributed by atoms with van der Waals surface area (Å²) in [6.07, 6.45) is 53.7. The van der Waals surface area contributed by atoms with Gasteiger partial charge in [-0.2, -0.15) is 0 Å². The van der Waals surface area contributed by atoms with Crippen molar-refractivity contribution in [2.24, 2.45) is 17.8 Å². The Morgan fingerprint density at radius 1 is 0.303 bits per heavy atom. The van der Waals surface area contributed by atoms with Crippen molar-refractivity contribution >= 4 is 17.9 Å². The van der Waals surface area contributed by atoms with Crippen LogP contribution in [0.5, 0.6) is 0 Å². The predicted octanol–water partition coefficient (Wildman–Crippen LogP) is 19.5. The SMILES string of the molecule is CCC(C)CCCCCCCCCCCCCCCCC(=O)OC[C@H](COC(=O)CCCCCCCCCCCCCCCCCC(C)C)OC(=O)CCCCCCCCCCC(C)CC.